The summed E-state index contributed by atoms with van der Waals surface area (Å²) in [6.07, 6.45) is 1.97. The van der Waals surface area contributed by atoms with E-state index in [9.17, 15) is 0 Å². The van der Waals surface area contributed by atoms with Crippen LogP contribution in [-0.2, 0) is 11.3 Å². The van der Waals surface area contributed by atoms with Gasteiger partial charge < -0.3 is 14.5 Å². The SMILES string of the molecule is COCc1c[nH]c2ccc(OC)cc12. The topological polar surface area (TPSA) is 34.2 Å². The van der Waals surface area contributed by atoms with Gasteiger partial charge >= 0.3 is 0 Å². The van der Waals surface area contributed by atoms with Crippen LogP contribution in [0.3, 0.4) is 0 Å². The van der Waals surface area contributed by atoms with Crippen LogP contribution in [-0.4, -0.2) is 19.2 Å². The number of fused-ring (bicyclic) bond motifs is 1. The Kier molecular flexibility index (Phi) is 2.41. The van der Waals surface area contributed by atoms with E-state index in [1.54, 1.807) is 14.2 Å². The van der Waals surface area contributed by atoms with Gasteiger partial charge in [0.05, 0.1) is 13.7 Å². The quantitative estimate of drug-likeness (QED) is 0.807. The van der Waals surface area contributed by atoms with Gasteiger partial charge in [-0.1, -0.05) is 0 Å². The van der Waals surface area contributed by atoms with E-state index in [0.29, 0.717) is 6.61 Å². The Morgan fingerprint density at radius 1 is 1.29 bits per heavy atom. The number of H-pyrrole nitrogens is 1. The van der Waals surface area contributed by atoms with Gasteiger partial charge in [-0.2, -0.15) is 0 Å². The average molecular weight is 191 g/mol. The Morgan fingerprint density at radius 3 is 2.86 bits per heavy atom. The predicted octanol–water partition coefficient (Wildman–Crippen LogP) is 2.32. The number of rotatable bonds is 3. The minimum atomic E-state index is 0.618. The van der Waals surface area contributed by atoms with E-state index in [0.717, 1.165) is 22.2 Å². The van der Waals surface area contributed by atoms with Crippen molar-refractivity contribution in [1.29, 1.82) is 0 Å². The molecule has 1 N–H and O–H groups in total. The Hall–Kier alpha value is -1.48. The second-order valence-corrected chi connectivity index (χ2v) is 3.16. The van der Waals surface area contributed by atoms with Crippen molar-refractivity contribution in [2.75, 3.05) is 14.2 Å². The Morgan fingerprint density at radius 2 is 2.14 bits per heavy atom. The average Bonchev–Trinajstić information content (AvgIpc) is 2.61. The van der Waals surface area contributed by atoms with Gasteiger partial charge in [0, 0.05) is 29.8 Å². The van der Waals surface area contributed by atoms with Gasteiger partial charge in [-0.05, 0) is 18.2 Å². The Labute approximate surface area is 82.6 Å². The molecule has 0 atom stereocenters. The van der Waals surface area contributed by atoms with Crippen molar-refractivity contribution in [3.8, 4) is 5.75 Å². The largest absolute Gasteiger partial charge is 0.497 e. The number of hydrogen-bond donors (Lipinski definition) is 1. The van der Waals surface area contributed by atoms with Gasteiger partial charge in [-0.3, -0.25) is 0 Å². The summed E-state index contributed by atoms with van der Waals surface area (Å²) in [5.74, 6) is 0.870. The molecule has 0 saturated carbocycles. The van der Waals surface area contributed by atoms with Crippen LogP contribution < -0.4 is 4.74 Å². The standard InChI is InChI=1S/C11H13NO2/c1-13-7-8-6-12-11-4-3-9(14-2)5-10(8)11/h3-6,12H,7H2,1-2H3. The van der Waals surface area contributed by atoms with Gasteiger partial charge in [-0.15, -0.1) is 0 Å². The maximum absolute atomic E-state index is 5.17. The maximum atomic E-state index is 5.17. The third kappa shape index (κ3) is 1.46. The molecule has 0 unspecified atom stereocenters. The number of hydrogen-bond acceptors (Lipinski definition) is 2. The van der Waals surface area contributed by atoms with E-state index in [2.05, 4.69) is 4.98 Å². The smallest absolute Gasteiger partial charge is 0.119 e. The number of aromatic nitrogens is 1. The fourth-order valence-electron chi connectivity index (χ4n) is 1.56. The maximum Gasteiger partial charge on any atom is 0.119 e. The molecule has 0 aliphatic carbocycles. The van der Waals surface area contributed by atoms with Crippen LogP contribution in [0.1, 0.15) is 5.56 Å². The molecule has 74 valence electrons. The summed E-state index contributed by atoms with van der Waals surface area (Å²) in [6, 6.07) is 5.96. The molecule has 0 spiro atoms. The van der Waals surface area contributed by atoms with E-state index >= 15 is 0 Å². The molecule has 1 aromatic carbocycles. The van der Waals surface area contributed by atoms with Gasteiger partial charge in [0.25, 0.3) is 0 Å². The second kappa shape index (κ2) is 3.72. The summed E-state index contributed by atoms with van der Waals surface area (Å²) < 4.78 is 10.3. The van der Waals surface area contributed by atoms with Gasteiger partial charge in [0.1, 0.15) is 5.75 Å². The zero-order valence-corrected chi connectivity index (χ0v) is 8.33. The number of nitrogens with one attached hydrogen (secondary N) is 1. The Bertz CT molecular complexity index is 434. The highest BCUT2D eigenvalue weighted by Gasteiger charge is 2.03. The molecule has 0 bridgehead atoms. The second-order valence-electron chi connectivity index (χ2n) is 3.16. The summed E-state index contributed by atoms with van der Waals surface area (Å²) in [4.78, 5) is 3.19. The molecule has 0 fully saturated rings. The van der Waals surface area contributed by atoms with Gasteiger partial charge in [0.2, 0.25) is 0 Å². The van der Waals surface area contributed by atoms with E-state index in [4.69, 9.17) is 9.47 Å². The van der Waals surface area contributed by atoms with E-state index < -0.39 is 0 Å². The Balaban J connectivity index is 2.52. The first-order valence-corrected chi connectivity index (χ1v) is 4.48. The van der Waals surface area contributed by atoms with E-state index in [1.165, 1.54) is 0 Å². The lowest BCUT2D eigenvalue weighted by atomic mass is 10.2. The first-order chi connectivity index (χ1) is 6.85. The zero-order valence-electron chi connectivity index (χ0n) is 8.33. The third-order valence-electron chi connectivity index (χ3n) is 2.27. The molecule has 1 heterocycles. The molecule has 3 heteroatoms. The summed E-state index contributed by atoms with van der Waals surface area (Å²) in [7, 11) is 3.36. The minimum Gasteiger partial charge on any atom is -0.497 e. The molecule has 0 aliphatic rings. The predicted molar refractivity (Wildman–Crippen MR) is 55.6 cm³/mol. The van der Waals surface area contributed by atoms with Crippen LogP contribution in [0.4, 0.5) is 0 Å². The molecule has 0 saturated heterocycles. The summed E-state index contributed by atoms with van der Waals surface area (Å²) in [6.45, 7) is 0.618. The van der Waals surface area contributed by atoms with Crippen molar-refractivity contribution in [2.24, 2.45) is 0 Å². The fraction of sp³-hybridized carbons (Fsp3) is 0.273. The molecule has 2 aromatic rings. The number of aromatic amines is 1. The summed E-state index contributed by atoms with van der Waals surface area (Å²) >= 11 is 0. The highest BCUT2D eigenvalue weighted by Crippen LogP contribution is 2.23. The third-order valence-corrected chi connectivity index (χ3v) is 2.27. The highest BCUT2D eigenvalue weighted by atomic mass is 16.5. The minimum absolute atomic E-state index is 0.618. The molecule has 0 amide bonds. The number of benzene rings is 1. The molecule has 14 heavy (non-hydrogen) atoms. The van der Waals surface area contributed by atoms with Crippen LogP contribution in [0.2, 0.25) is 0 Å². The number of ether oxygens (including phenoxy) is 2. The normalized spacial score (nSPS) is 10.7. The van der Waals surface area contributed by atoms with E-state index in [-0.39, 0.29) is 0 Å². The lowest BCUT2D eigenvalue weighted by molar-refractivity contribution is 0.186. The van der Waals surface area contributed by atoms with Crippen molar-refractivity contribution in [2.45, 2.75) is 6.61 Å². The van der Waals surface area contributed by atoms with Crippen molar-refractivity contribution in [3.63, 3.8) is 0 Å². The summed E-state index contributed by atoms with van der Waals surface area (Å²) in [5.41, 5.74) is 2.26. The van der Waals surface area contributed by atoms with Crippen LogP contribution in [0.15, 0.2) is 24.4 Å². The van der Waals surface area contributed by atoms with E-state index in [1.807, 2.05) is 24.4 Å². The molecule has 3 nitrogen and oxygen atoms in total. The number of methoxy groups -OCH3 is 2. The van der Waals surface area contributed by atoms with Gasteiger partial charge in [-0.25, -0.2) is 0 Å². The molecule has 0 radical (unpaired) electrons. The zero-order chi connectivity index (χ0) is 9.97. The first-order valence-electron chi connectivity index (χ1n) is 4.48. The summed E-state index contributed by atoms with van der Waals surface area (Å²) in [5, 5.41) is 1.16. The van der Waals surface area contributed by atoms with Crippen molar-refractivity contribution >= 4 is 10.9 Å². The van der Waals surface area contributed by atoms with Crippen molar-refractivity contribution < 1.29 is 9.47 Å². The van der Waals surface area contributed by atoms with Crippen LogP contribution in [0.25, 0.3) is 10.9 Å². The van der Waals surface area contributed by atoms with Crippen LogP contribution in [0.5, 0.6) is 5.75 Å². The van der Waals surface area contributed by atoms with Crippen LogP contribution >= 0.6 is 0 Å². The molecule has 1 aromatic heterocycles. The van der Waals surface area contributed by atoms with Crippen LogP contribution in [0, 0.1) is 0 Å². The molecule has 0 aliphatic heterocycles. The van der Waals surface area contributed by atoms with Crippen molar-refractivity contribution in [1.82, 2.24) is 4.98 Å². The first kappa shape index (κ1) is 9.09. The fourth-order valence-corrected chi connectivity index (χ4v) is 1.56. The lowest BCUT2D eigenvalue weighted by Gasteiger charge is -2.00. The lowest BCUT2D eigenvalue weighted by Crippen LogP contribution is -1.85. The van der Waals surface area contributed by atoms with Gasteiger partial charge in [0.15, 0.2) is 0 Å². The molecule has 2 rings (SSSR count). The van der Waals surface area contributed by atoms with Crippen molar-refractivity contribution in [3.05, 3.63) is 30.0 Å². The monoisotopic (exact) mass is 191 g/mol. The molecular formula is C11H13NO2. The molecular weight excluding hydrogens is 178 g/mol. The highest BCUT2D eigenvalue weighted by molar-refractivity contribution is 5.84.